The van der Waals surface area contributed by atoms with E-state index in [-0.39, 0.29) is 11.0 Å². The number of rotatable bonds is 4. The van der Waals surface area contributed by atoms with Crippen LogP contribution in [0.5, 0.6) is 0 Å². The van der Waals surface area contributed by atoms with E-state index in [4.69, 9.17) is 0 Å². The summed E-state index contributed by atoms with van der Waals surface area (Å²) in [5.74, 6) is 1.32. The number of hydrogen-bond acceptors (Lipinski definition) is 0. The summed E-state index contributed by atoms with van der Waals surface area (Å²) < 4.78 is 5.03. The monoisotopic (exact) mass is 373 g/mol. The fraction of sp³-hybridized carbons (Fsp3) is 0.423. The minimum Gasteiger partial charge on any atom is -0.223 e. The third-order valence-electron chi connectivity index (χ3n) is 7.63. The van der Waals surface area contributed by atoms with E-state index in [9.17, 15) is 0 Å². The highest BCUT2D eigenvalue weighted by Crippen LogP contribution is 2.51. The minimum atomic E-state index is 0.0767. The summed E-state index contributed by atoms with van der Waals surface area (Å²) in [6, 6.07) is 15.7. The van der Waals surface area contributed by atoms with Crippen molar-refractivity contribution in [1.82, 2.24) is 4.57 Å². The predicted molar refractivity (Wildman–Crippen MR) is 117 cm³/mol. The highest BCUT2D eigenvalue weighted by molar-refractivity contribution is 5.66. The summed E-state index contributed by atoms with van der Waals surface area (Å²) in [4.78, 5) is 0. The van der Waals surface area contributed by atoms with E-state index in [1.54, 1.807) is 0 Å². The molecule has 0 aliphatic carbocycles. The van der Waals surface area contributed by atoms with Crippen molar-refractivity contribution in [2.24, 2.45) is 0 Å². The topological polar surface area (TPSA) is 8.81 Å². The first kappa shape index (κ1) is 19.0. The highest BCUT2D eigenvalue weighted by atomic mass is 15.2. The number of aromatic nitrogens is 2. The molecule has 3 aromatic rings. The van der Waals surface area contributed by atoms with Crippen LogP contribution in [0, 0.1) is 13.8 Å². The molecule has 1 unspecified atom stereocenters. The number of nitrogens with zero attached hydrogens (tertiary/aromatic N) is 2. The molecule has 0 bridgehead atoms. The third-order valence-corrected chi connectivity index (χ3v) is 7.63. The summed E-state index contributed by atoms with van der Waals surface area (Å²) in [6.07, 6.45) is 7.99. The Morgan fingerprint density at radius 2 is 1.50 bits per heavy atom. The Morgan fingerprint density at radius 3 is 2.11 bits per heavy atom. The first-order valence-corrected chi connectivity index (χ1v) is 10.7. The van der Waals surface area contributed by atoms with Crippen molar-refractivity contribution in [3.63, 3.8) is 0 Å². The number of hydrogen-bond donors (Lipinski definition) is 0. The average molecular weight is 374 g/mol. The van der Waals surface area contributed by atoms with Crippen molar-refractivity contribution in [2.75, 3.05) is 0 Å². The molecule has 0 fully saturated rings. The first-order valence-electron chi connectivity index (χ1n) is 10.7. The molecule has 4 rings (SSSR count). The maximum atomic E-state index is 2.60. The molecule has 0 spiro atoms. The van der Waals surface area contributed by atoms with Gasteiger partial charge in [0.15, 0.2) is 0 Å². The zero-order valence-corrected chi connectivity index (χ0v) is 18.2. The van der Waals surface area contributed by atoms with Crippen molar-refractivity contribution in [2.45, 2.75) is 71.8 Å². The molecule has 0 saturated heterocycles. The zero-order chi connectivity index (χ0) is 20.1. The van der Waals surface area contributed by atoms with Crippen molar-refractivity contribution in [3.8, 4) is 17.1 Å². The van der Waals surface area contributed by atoms with Crippen LogP contribution in [0.25, 0.3) is 17.1 Å². The SMILES string of the molecule is CCC1(C)c2ccccc2-c2n(-c3c(C)cccc3C)cc[n+]2C1(CC)CC. The molecule has 146 valence electrons. The standard InChI is InChI=1S/C26H33N2/c1-7-25(6)22-16-11-10-15-21(22)24-27(23-19(4)13-12-14-20(23)5)17-18-28(24)26(25,8-2)9-3/h10-18H,7-9H2,1-6H3/q+1. The van der Waals surface area contributed by atoms with E-state index in [1.807, 2.05) is 0 Å². The average Bonchev–Trinajstić information content (AvgIpc) is 3.14. The Labute approximate surface area is 169 Å². The van der Waals surface area contributed by atoms with Crippen molar-refractivity contribution < 1.29 is 4.57 Å². The van der Waals surface area contributed by atoms with Gasteiger partial charge in [0.05, 0.1) is 5.56 Å². The van der Waals surface area contributed by atoms with Gasteiger partial charge in [-0.1, -0.05) is 64.1 Å². The van der Waals surface area contributed by atoms with Gasteiger partial charge in [-0.15, -0.1) is 0 Å². The molecule has 1 aliphatic rings. The summed E-state index contributed by atoms with van der Waals surface area (Å²) in [6.45, 7) is 14.0. The van der Waals surface area contributed by atoms with Gasteiger partial charge < -0.3 is 0 Å². The second-order valence-electron chi connectivity index (χ2n) is 8.57. The lowest BCUT2D eigenvalue weighted by atomic mass is 9.59. The Morgan fingerprint density at radius 1 is 0.857 bits per heavy atom. The van der Waals surface area contributed by atoms with Crippen LogP contribution in [0.4, 0.5) is 0 Å². The molecule has 28 heavy (non-hydrogen) atoms. The fourth-order valence-electron chi connectivity index (χ4n) is 5.93. The van der Waals surface area contributed by atoms with Crippen LogP contribution in [0.15, 0.2) is 54.9 Å². The van der Waals surface area contributed by atoms with Crippen LogP contribution >= 0.6 is 0 Å². The summed E-state index contributed by atoms with van der Waals surface area (Å²) in [5.41, 5.74) is 7.00. The Balaban J connectivity index is 2.13. The largest absolute Gasteiger partial charge is 0.294 e. The van der Waals surface area contributed by atoms with Gasteiger partial charge in [-0.05, 0) is 55.9 Å². The lowest BCUT2D eigenvalue weighted by Crippen LogP contribution is -2.68. The number of fused-ring (bicyclic) bond motifs is 3. The molecule has 0 amide bonds. The predicted octanol–water partition coefficient (Wildman–Crippen LogP) is 6.25. The molecular weight excluding hydrogens is 340 g/mol. The zero-order valence-electron chi connectivity index (χ0n) is 18.2. The highest BCUT2D eigenvalue weighted by Gasteiger charge is 2.56. The Bertz CT molecular complexity index is 1000. The molecular formula is C26H33N2+. The normalized spacial score (nSPS) is 19.9. The van der Waals surface area contributed by atoms with Crippen molar-refractivity contribution in [3.05, 3.63) is 71.5 Å². The third kappa shape index (κ3) is 2.24. The van der Waals surface area contributed by atoms with Gasteiger partial charge in [-0.25, -0.2) is 4.57 Å². The second-order valence-corrected chi connectivity index (χ2v) is 8.57. The van der Waals surface area contributed by atoms with E-state index >= 15 is 0 Å². The maximum Gasteiger partial charge on any atom is 0.294 e. The second kappa shape index (κ2) is 6.62. The molecule has 1 aliphatic heterocycles. The quantitative estimate of drug-likeness (QED) is 0.478. The number of imidazole rings is 1. The van der Waals surface area contributed by atoms with E-state index in [0.717, 1.165) is 19.3 Å². The van der Waals surface area contributed by atoms with Crippen LogP contribution in [0.2, 0.25) is 0 Å². The van der Waals surface area contributed by atoms with E-state index in [1.165, 1.54) is 33.8 Å². The lowest BCUT2D eigenvalue weighted by molar-refractivity contribution is -0.768. The summed E-state index contributed by atoms with van der Waals surface area (Å²) in [5, 5.41) is 0. The number of para-hydroxylation sites is 1. The van der Waals surface area contributed by atoms with Gasteiger partial charge in [0.2, 0.25) is 0 Å². The molecule has 2 aromatic carbocycles. The first-order chi connectivity index (χ1) is 13.4. The molecule has 2 heteroatoms. The van der Waals surface area contributed by atoms with Gasteiger partial charge in [-0.2, -0.15) is 4.57 Å². The maximum absolute atomic E-state index is 2.60. The van der Waals surface area contributed by atoms with Crippen LogP contribution in [0.1, 0.15) is 63.6 Å². The smallest absolute Gasteiger partial charge is 0.223 e. The van der Waals surface area contributed by atoms with Gasteiger partial charge in [-0.3, -0.25) is 0 Å². The number of aryl methyl sites for hydroxylation is 2. The molecule has 0 N–H and O–H groups in total. The van der Waals surface area contributed by atoms with Gasteiger partial charge in [0.25, 0.3) is 5.82 Å². The molecule has 1 atom stereocenters. The molecule has 0 saturated carbocycles. The molecule has 2 heterocycles. The van der Waals surface area contributed by atoms with Crippen LogP contribution in [-0.4, -0.2) is 4.57 Å². The molecule has 2 nitrogen and oxygen atoms in total. The van der Waals surface area contributed by atoms with Crippen LogP contribution in [-0.2, 0) is 11.0 Å². The summed E-state index contributed by atoms with van der Waals surface area (Å²) in [7, 11) is 0. The lowest BCUT2D eigenvalue weighted by Gasteiger charge is -2.49. The van der Waals surface area contributed by atoms with Gasteiger partial charge in [0, 0.05) is 5.41 Å². The Hall–Kier alpha value is -2.35. The number of benzene rings is 2. The van der Waals surface area contributed by atoms with E-state index in [0.29, 0.717) is 0 Å². The Kier molecular flexibility index (Phi) is 4.49. The van der Waals surface area contributed by atoms with Gasteiger partial charge in [0.1, 0.15) is 23.6 Å². The van der Waals surface area contributed by atoms with Crippen molar-refractivity contribution in [1.29, 1.82) is 0 Å². The van der Waals surface area contributed by atoms with Gasteiger partial charge >= 0.3 is 0 Å². The van der Waals surface area contributed by atoms with Crippen LogP contribution in [0.3, 0.4) is 0 Å². The van der Waals surface area contributed by atoms with Crippen molar-refractivity contribution >= 4 is 0 Å². The molecule has 1 aromatic heterocycles. The summed E-state index contributed by atoms with van der Waals surface area (Å²) >= 11 is 0. The van der Waals surface area contributed by atoms with E-state index < -0.39 is 0 Å². The van der Waals surface area contributed by atoms with E-state index in [2.05, 4.69) is 106 Å². The van der Waals surface area contributed by atoms with Crippen LogP contribution < -0.4 is 4.57 Å². The minimum absolute atomic E-state index is 0.0767. The molecule has 0 radical (unpaired) electrons. The fourth-order valence-corrected chi connectivity index (χ4v) is 5.93.